The van der Waals surface area contributed by atoms with Gasteiger partial charge in [0, 0.05) is 43.8 Å². The van der Waals surface area contributed by atoms with Gasteiger partial charge in [0.25, 0.3) is 0 Å². The molecular weight excluding hydrogens is 920 g/mol. The summed E-state index contributed by atoms with van der Waals surface area (Å²) >= 11 is 0. The third-order valence-electron chi connectivity index (χ3n) is 11.6. The summed E-state index contributed by atoms with van der Waals surface area (Å²) in [6.07, 6.45) is 0. The second-order valence-corrected chi connectivity index (χ2v) is 14.9. The van der Waals surface area contributed by atoms with E-state index in [-0.39, 0.29) is 0 Å². The standard InChI is InChI=1S/C42H26O26/c43-3-1-2(5-21(48)31(58)39(66)32(59)22(5)49)4(20(47)17(3)44)6-8-10(25(52)35(62)33(60)23(8)50)7(11-9(6)24(51)34(61)36(63)26(11)53)12-18(45)16-15-19(46)13-14(28(55)38(65)37(64)27(13)54)30(57)41(15)68-42(16)40(67)29(12)56/h1,43-67H. The Hall–Kier alpha value is -10.7. The van der Waals surface area contributed by atoms with Crippen LogP contribution in [0.4, 0.5) is 0 Å². The molecule has 1 aromatic heterocycles. The van der Waals surface area contributed by atoms with Crippen molar-refractivity contribution in [2.75, 3.05) is 0 Å². The zero-order valence-corrected chi connectivity index (χ0v) is 32.7. The van der Waals surface area contributed by atoms with Crippen LogP contribution < -0.4 is 0 Å². The number of benzene rings is 8. The third kappa shape index (κ3) is 4.76. The largest absolute Gasteiger partial charge is 0.506 e. The molecule has 0 fully saturated rings. The van der Waals surface area contributed by atoms with E-state index in [9.17, 15) is 128 Å². The van der Waals surface area contributed by atoms with Crippen molar-refractivity contribution in [1.29, 1.82) is 0 Å². The number of phenolic OH excluding ortho intramolecular Hbond substituents is 25. The number of rotatable bonds is 3. The lowest BCUT2D eigenvalue weighted by Crippen LogP contribution is -1.97. The number of aromatic hydroxyl groups is 25. The molecule has 26 nitrogen and oxygen atoms in total. The molecule has 0 aliphatic heterocycles. The molecule has 25 N–H and O–H groups in total. The molecule has 0 unspecified atom stereocenters. The minimum absolute atomic E-state index is 0.326. The highest BCUT2D eigenvalue weighted by atomic mass is 16.4. The summed E-state index contributed by atoms with van der Waals surface area (Å²) in [5.74, 6) is -39.8. The highest BCUT2D eigenvalue weighted by molar-refractivity contribution is 6.33. The van der Waals surface area contributed by atoms with Gasteiger partial charge in [0.1, 0.15) is 11.5 Å². The van der Waals surface area contributed by atoms with Crippen molar-refractivity contribution in [2.24, 2.45) is 0 Å². The molecule has 9 aromatic rings. The van der Waals surface area contributed by atoms with Gasteiger partial charge in [-0.15, -0.1) is 0 Å². The summed E-state index contributed by atoms with van der Waals surface area (Å²) in [7, 11) is 0. The Labute approximate surface area is 369 Å². The van der Waals surface area contributed by atoms with E-state index >= 15 is 0 Å². The van der Waals surface area contributed by atoms with Crippen LogP contribution in [-0.4, -0.2) is 128 Å². The monoisotopic (exact) mass is 946 g/mol. The molecule has 0 saturated heterocycles. The van der Waals surface area contributed by atoms with Gasteiger partial charge >= 0.3 is 0 Å². The lowest BCUT2D eigenvalue weighted by atomic mass is 9.80. The third-order valence-corrected chi connectivity index (χ3v) is 11.6. The summed E-state index contributed by atoms with van der Waals surface area (Å²) in [6.45, 7) is 0. The molecule has 0 atom stereocenters. The minimum Gasteiger partial charge on any atom is -0.506 e. The SMILES string of the molecule is Oc1cc(-c2c(O)c(O)c(O)c(O)c2O)c(-c2c3c(O)c(O)c(O)c(O)c3c(-c3c(O)c(O)c4oc5c(O)c6c(O)c(O)c(O)c(O)c6c(O)c5c4c3O)c3c(O)c(O)c(O)c(O)c23)c(O)c1O. The number of fused-ring (bicyclic) bond motifs is 6. The highest BCUT2D eigenvalue weighted by Crippen LogP contribution is 2.69. The topological polar surface area (TPSA) is 519 Å². The van der Waals surface area contributed by atoms with E-state index in [1.54, 1.807) is 0 Å². The maximum atomic E-state index is 12.3. The summed E-state index contributed by atoms with van der Waals surface area (Å²) in [6, 6.07) is 0.326. The second kappa shape index (κ2) is 13.2. The molecule has 8 aromatic carbocycles. The van der Waals surface area contributed by atoms with Crippen LogP contribution in [0.1, 0.15) is 0 Å². The molecule has 26 heteroatoms. The van der Waals surface area contributed by atoms with Gasteiger partial charge < -0.3 is 132 Å². The number of hydrogen-bond donors (Lipinski definition) is 25. The first-order chi connectivity index (χ1) is 31.7. The van der Waals surface area contributed by atoms with E-state index < -0.39 is 231 Å². The molecule has 0 spiro atoms. The predicted molar refractivity (Wildman–Crippen MR) is 224 cm³/mol. The molecule has 0 radical (unpaired) electrons. The maximum absolute atomic E-state index is 12.3. The summed E-state index contributed by atoms with van der Waals surface area (Å²) in [5.41, 5.74) is -10.1. The first kappa shape index (κ1) is 42.6. The van der Waals surface area contributed by atoms with E-state index in [1.807, 2.05) is 0 Å². The molecule has 0 bridgehead atoms. The van der Waals surface area contributed by atoms with Crippen LogP contribution in [0.3, 0.4) is 0 Å². The minimum atomic E-state index is -1.74. The van der Waals surface area contributed by atoms with Crippen LogP contribution in [0.15, 0.2) is 10.5 Å². The van der Waals surface area contributed by atoms with Crippen molar-refractivity contribution in [3.8, 4) is 177 Å². The van der Waals surface area contributed by atoms with Crippen LogP contribution in [0, 0.1) is 0 Å². The van der Waals surface area contributed by atoms with E-state index in [0.717, 1.165) is 0 Å². The van der Waals surface area contributed by atoms with Crippen molar-refractivity contribution >= 4 is 54.3 Å². The Balaban J connectivity index is 1.62. The zero-order chi connectivity index (χ0) is 50.1. The average Bonchev–Trinajstić information content (AvgIpc) is 3.72. The van der Waals surface area contributed by atoms with Crippen molar-refractivity contribution < 1.29 is 132 Å². The fraction of sp³-hybridized carbons (Fsp3) is 0. The Bertz CT molecular complexity index is 3790. The first-order valence-electron chi connectivity index (χ1n) is 18.3. The number of furan rings is 1. The van der Waals surface area contributed by atoms with Crippen LogP contribution in [0.5, 0.6) is 144 Å². The summed E-state index contributed by atoms with van der Waals surface area (Å²) in [4.78, 5) is 0. The second-order valence-electron chi connectivity index (χ2n) is 14.9. The van der Waals surface area contributed by atoms with Crippen LogP contribution in [0.2, 0.25) is 0 Å². The molecular formula is C42H26O26. The molecule has 0 amide bonds. The van der Waals surface area contributed by atoms with Crippen molar-refractivity contribution in [3.63, 3.8) is 0 Å². The van der Waals surface area contributed by atoms with Crippen molar-refractivity contribution in [3.05, 3.63) is 6.07 Å². The van der Waals surface area contributed by atoms with Gasteiger partial charge in [-0.1, -0.05) is 0 Å². The molecule has 0 aliphatic rings. The quantitative estimate of drug-likeness (QED) is 0.0649. The van der Waals surface area contributed by atoms with E-state index in [2.05, 4.69) is 0 Å². The fourth-order valence-corrected chi connectivity index (χ4v) is 8.47. The van der Waals surface area contributed by atoms with Crippen LogP contribution in [0.25, 0.3) is 87.6 Å². The van der Waals surface area contributed by atoms with E-state index in [1.165, 1.54) is 0 Å². The lowest BCUT2D eigenvalue weighted by molar-refractivity contribution is 0.330. The predicted octanol–water partition coefficient (Wildman–Crippen LogP) is 4.69. The molecule has 350 valence electrons. The van der Waals surface area contributed by atoms with Gasteiger partial charge in [-0.25, -0.2) is 0 Å². The van der Waals surface area contributed by atoms with Gasteiger partial charge in [-0.3, -0.25) is 0 Å². The van der Waals surface area contributed by atoms with Crippen molar-refractivity contribution in [1.82, 2.24) is 0 Å². The Morgan fingerprint density at radius 3 is 0.912 bits per heavy atom. The molecule has 9 rings (SSSR count). The fourth-order valence-electron chi connectivity index (χ4n) is 8.47. The van der Waals surface area contributed by atoms with Gasteiger partial charge in [0.15, 0.2) is 80.2 Å². The van der Waals surface area contributed by atoms with Gasteiger partial charge in [-0.05, 0) is 6.07 Å². The smallest absolute Gasteiger partial charge is 0.208 e. The van der Waals surface area contributed by atoms with Crippen molar-refractivity contribution in [2.45, 2.75) is 0 Å². The zero-order valence-electron chi connectivity index (χ0n) is 32.7. The first-order valence-corrected chi connectivity index (χ1v) is 18.3. The average molecular weight is 947 g/mol. The Morgan fingerprint density at radius 1 is 0.191 bits per heavy atom. The highest BCUT2D eigenvalue weighted by Gasteiger charge is 2.40. The van der Waals surface area contributed by atoms with Gasteiger partial charge in [0.05, 0.1) is 32.7 Å². The lowest BCUT2D eigenvalue weighted by Gasteiger charge is -2.25. The normalized spacial score (nSPS) is 11.8. The maximum Gasteiger partial charge on any atom is 0.208 e. The van der Waals surface area contributed by atoms with Crippen LogP contribution in [-0.2, 0) is 0 Å². The number of phenols is 25. The molecule has 1 heterocycles. The van der Waals surface area contributed by atoms with E-state index in [4.69, 9.17) is 4.42 Å². The number of hydrogen-bond acceptors (Lipinski definition) is 26. The Morgan fingerprint density at radius 2 is 0.485 bits per heavy atom. The molecule has 68 heavy (non-hydrogen) atoms. The van der Waals surface area contributed by atoms with Gasteiger partial charge in [0.2, 0.25) is 63.2 Å². The molecule has 0 saturated carbocycles. The van der Waals surface area contributed by atoms with E-state index in [0.29, 0.717) is 6.07 Å². The summed E-state index contributed by atoms with van der Waals surface area (Å²) < 4.78 is 5.45. The summed E-state index contributed by atoms with van der Waals surface area (Å²) in [5, 5.41) is 268. The Kier molecular flexibility index (Phi) is 8.27. The molecule has 0 aliphatic carbocycles. The van der Waals surface area contributed by atoms with Gasteiger partial charge in [-0.2, -0.15) is 0 Å². The van der Waals surface area contributed by atoms with Crippen LogP contribution >= 0.6 is 0 Å².